The third-order valence-corrected chi connectivity index (χ3v) is 7.04. The van der Waals surface area contributed by atoms with Crippen LogP contribution in [0.2, 0.25) is 0 Å². The topological polar surface area (TPSA) is 103 Å². The van der Waals surface area contributed by atoms with Gasteiger partial charge in [0.25, 0.3) is 5.91 Å². The molecule has 1 amide bonds. The second-order valence-corrected chi connectivity index (χ2v) is 9.76. The monoisotopic (exact) mass is 493 g/mol. The summed E-state index contributed by atoms with van der Waals surface area (Å²) in [6.07, 6.45) is 5.46. The number of carbonyl (C=O) groups excluding carboxylic acids is 1. The molecule has 9 heteroatoms. The van der Waals surface area contributed by atoms with Crippen LogP contribution in [-0.4, -0.2) is 41.6 Å². The lowest BCUT2D eigenvalue weighted by atomic mass is 10.0. The van der Waals surface area contributed by atoms with Gasteiger partial charge in [-0.3, -0.25) is 14.5 Å². The lowest BCUT2D eigenvalue weighted by Crippen LogP contribution is -2.33. The maximum Gasteiger partial charge on any atom is 0.254 e. The largest absolute Gasteiger partial charge is 0.383 e. The molecule has 4 aromatic heterocycles. The van der Waals surface area contributed by atoms with E-state index in [1.165, 1.54) is 11.3 Å². The second-order valence-electron chi connectivity index (χ2n) is 9.04. The molecular formula is C27H23N7OS. The van der Waals surface area contributed by atoms with E-state index in [9.17, 15) is 4.79 Å². The number of aromatic nitrogens is 5. The molecule has 1 aliphatic rings. The van der Waals surface area contributed by atoms with E-state index in [0.29, 0.717) is 17.9 Å². The molecule has 0 radical (unpaired) electrons. The van der Waals surface area contributed by atoms with Gasteiger partial charge in [-0.15, -0.1) is 11.3 Å². The standard InChI is InChI=1S/C27H23N7OS/c1-16-9-24-22(25-23(26(28)32-24)12-31-33(25)2)10-21(16)27(35)34(20-7-8-20)13-18-5-3-17(11-29-18)4-6-19-14-36-15-30-19/h3,5,9-12,14-15,20H,7-8,13H2,1-2H3,(H2,28,32). The van der Waals surface area contributed by atoms with E-state index in [2.05, 4.69) is 31.9 Å². The van der Waals surface area contributed by atoms with Crippen LogP contribution in [0.1, 0.15) is 45.7 Å². The predicted octanol–water partition coefficient (Wildman–Crippen LogP) is 4.07. The number of hydrogen-bond acceptors (Lipinski definition) is 7. The first kappa shape index (κ1) is 22.2. The molecule has 0 bridgehead atoms. The van der Waals surface area contributed by atoms with Gasteiger partial charge in [0.1, 0.15) is 11.5 Å². The number of rotatable bonds is 4. The summed E-state index contributed by atoms with van der Waals surface area (Å²) in [6, 6.07) is 7.97. The van der Waals surface area contributed by atoms with E-state index in [1.807, 2.05) is 48.5 Å². The highest BCUT2D eigenvalue weighted by atomic mass is 32.1. The molecular weight excluding hydrogens is 470 g/mol. The molecule has 6 rings (SSSR count). The fraction of sp³-hybridized carbons (Fsp3) is 0.222. The Hall–Kier alpha value is -4.29. The normalized spacial score (nSPS) is 13.1. The molecule has 0 saturated heterocycles. The van der Waals surface area contributed by atoms with Gasteiger partial charge in [-0.05, 0) is 55.5 Å². The Morgan fingerprint density at radius 2 is 2.06 bits per heavy atom. The van der Waals surface area contributed by atoms with Crippen LogP contribution in [-0.2, 0) is 13.6 Å². The number of fused-ring (bicyclic) bond motifs is 3. The zero-order chi connectivity index (χ0) is 24.8. The van der Waals surface area contributed by atoms with Gasteiger partial charge in [0.05, 0.1) is 40.4 Å². The van der Waals surface area contributed by atoms with E-state index >= 15 is 0 Å². The van der Waals surface area contributed by atoms with Crippen LogP contribution in [0, 0.1) is 18.8 Å². The average molecular weight is 494 g/mol. The van der Waals surface area contributed by atoms with E-state index in [0.717, 1.165) is 57.2 Å². The molecule has 178 valence electrons. The SMILES string of the molecule is Cc1cc2nc(N)c3cnn(C)c3c2cc1C(=O)N(Cc1ccc(C#Cc2cscn2)cn1)C1CC1. The lowest BCUT2D eigenvalue weighted by molar-refractivity contribution is 0.0727. The first-order valence-corrected chi connectivity index (χ1v) is 12.6. The summed E-state index contributed by atoms with van der Waals surface area (Å²) >= 11 is 1.52. The Kier molecular flexibility index (Phi) is 5.38. The molecule has 1 saturated carbocycles. The van der Waals surface area contributed by atoms with Crippen molar-refractivity contribution in [3.63, 3.8) is 0 Å². The van der Waals surface area contributed by atoms with E-state index in [-0.39, 0.29) is 11.9 Å². The molecule has 1 fully saturated rings. The van der Waals surface area contributed by atoms with Crippen molar-refractivity contribution in [3.05, 3.63) is 75.6 Å². The van der Waals surface area contributed by atoms with E-state index in [1.54, 1.807) is 22.6 Å². The molecule has 8 nitrogen and oxygen atoms in total. The third-order valence-electron chi connectivity index (χ3n) is 6.46. The van der Waals surface area contributed by atoms with Gasteiger partial charge in [0.15, 0.2) is 0 Å². The van der Waals surface area contributed by atoms with Crippen molar-refractivity contribution >= 4 is 44.9 Å². The molecule has 36 heavy (non-hydrogen) atoms. The highest BCUT2D eigenvalue weighted by Crippen LogP contribution is 2.33. The van der Waals surface area contributed by atoms with Crippen LogP contribution in [0.15, 0.2) is 47.5 Å². The van der Waals surface area contributed by atoms with Crippen molar-refractivity contribution in [2.45, 2.75) is 32.4 Å². The minimum Gasteiger partial charge on any atom is -0.383 e. The quantitative estimate of drug-likeness (QED) is 0.379. The number of aryl methyl sites for hydroxylation is 2. The number of carbonyl (C=O) groups is 1. The van der Waals surface area contributed by atoms with Crippen molar-refractivity contribution < 1.29 is 4.79 Å². The smallest absolute Gasteiger partial charge is 0.254 e. The first-order valence-electron chi connectivity index (χ1n) is 11.7. The number of nitrogens with zero attached hydrogens (tertiary/aromatic N) is 6. The van der Waals surface area contributed by atoms with Crippen LogP contribution in [0.4, 0.5) is 5.82 Å². The molecule has 0 spiro atoms. The van der Waals surface area contributed by atoms with Crippen molar-refractivity contribution in [2.24, 2.45) is 7.05 Å². The molecule has 0 atom stereocenters. The summed E-state index contributed by atoms with van der Waals surface area (Å²) < 4.78 is 1.78. The summed E-state index contributed by atoms with van der Waals surface area (Å²) in [4.78, 5) is 29.1. The van der Waals surface area contributed by atoms with Gasteiger partial charge in [-0.25, -0.2) is 9.97 Å². The summed E-state index contributed by atoms with van der Waals surface area (Å²) in [5.41, 5.74) is 13.5. The Morgan fingerprint density at radius 3 is 2.78 bits per heavy atom. The van der Waals surface area contributed by atoms with Crippen LogP contribution < -0.4 is 5.73 Å². The number of pyridine rings is 2. The van der Waals surface area contributed by atoms with Gasteiger partial charge in [-0.2, -0.15) is 5.10 Å². The summed E-state index contributed by atoms with van der Waals surface area (Å²) in [6.45, 7) is 2.39. The van der Waals surface area contributed by atoms with E-state index < -0.39 is 0 Å². The van der Waals surface area contributed by atoms with Crippen molar-refractivity contribution in [1.82, 2.24) is 29.6 Å². The minimum absolute atomic E-state index is 0.00163. The summed E-state index contributed by atoms with van der Waals surface area (Å²) in [5.74, 6) is 6.56. The number of anilines is 1. The maximum absolute atomic E-state index is 13.8. The Labute approximate surface area is 211 Å². The molecule has 4 heterocycles. The average Bonchev–Trinajstić information content (AvgIpc) is 3.42. The predicted molar refractivity (Wildman–Crippen MR) is 140 cm³/mol. The lowest BCUT2D eigenvalue weighted by Gasteiger charge is -2.23. The van der Waals surface area contributed by atoms with Crippen molar-refractivity contribution in [3.8, 4) is 11.8 Å². The van der Waals surface area contributed by atoms with Gasteiger partial charge in [0, 0.05) is 41.2 Å². The molecule has 1 aliphatic carbocycles. The number of hydrogen-bond donors (Lipinski definition) is 1. The third kappa shape index (κ3) is 4.06. The maximum atomic E-state index is 13.8. The number of amides is 1. The van der Waals surface area contributed by atoms with Crippen LogP contribution in [0.3, 0.4) is 0 Å². The van der Waals surface area contributed by atoms with Crippen LogP contribution in [0.5, 0.6) is 0 Å². The molecule has 0 aliphatic heterocycles. The zero-order valence-corrected chi connectivity index (χ0v) is 20.7. The Morgan fingerprint density at radius 1 is 1.19 bits per heavy atom. The fourth-order valence-corrected chi connectivity index (χ4v) is 4.91. The van der Waals surface area contributed by atoms with Gasteiger partial charge in [0.2, 0.25) is 0 Å². The number of nitrogen functional groups attached to an aromatic ring is 1. The number of benzene rings is 1. The van der Waals surface area contributed by atoms with Gasteiger partial charge < -0.3 is 10.6 Å². The first-order chi connectivity index (χ1) is 17.5. The highest BCUT2D eigenvalue weighted by Gasteiger charge is 2.34. The molecule has 1 aromatic carbocycles. The summed E-state index contributed by atoms with van der Waals surface area (Å²) in [7, 11) is 1.87. The highest BCUT2D eigenvalue weighted by molar-refractivity contribution is 7.07. The van der Waals surface area contributed by atoms with Gasteiger partial charge >= 0.3 is 0 Å². The van der Waals surface area contributed by atoms with Crippen molar-refractivity contribution in [2.75, 3.05) is 5.73 Å². The molecule has 2 N–H and O–H groups in total. The Balaban J connectivity index is 1.31. The number of thiazole rings is 1. The number of nitrogens with two attached hydrogens (primary N) is 1. The Bertz CT molecular complexity index is 1670. The molecule has 0 unspecified atom stereocenters. The van der Waals surface area contributed by atoms with Crippen molar-refractivity contribution in [1.29, 1.82) is 0 Å². The van der Waals surface area contributed by atoms with Crippen LogP contribution >= 0.6 is 11.3 Å². The zero-order valence-electron chi connectivity index (χ0n) is 19.9. The second kappa shape index (κ2) is 8.73. The summed E-state index contributed by atoms with van der Waals surface area (Å²) in [5, 5.41) is 7.91. The molecule has 5 aromatic rings. The van der Waals surface area contributed by atoms with E-state index in [4.69, 9.17) is 5.73 Å². The minimum atomic E-state index is -0.00163. The fourth-order valence-electron chi connectivity index (χ4n) is 4.42. The van der Waals surface area contributed by atoms with Crippen LogP contribution in [0.25, 0.3) is 21.8 Å². The van der Waals surface area contributed by atoms with Gasteiger partial charge in [-0.1, -0.05) is 5.92 Å².